The van der Waals surface area contributed by atoms with Crippen LogP contribution >= 0.6 is 0 Å². The Kier molecular flexibility index (Phi) is 1.44. The van der Waals surface area contributed by atoms with Crippen molar-refractivity contribution in [2.45, 2.75) is 6.92 Å². The summed E-state index contributed by atoms with van der Waals surface area (Å²) in [6.07, 6.45) is 0. The monoisotopic (exact) mass is 177 g/mol. The number of amides is 3. The predicted octanol–water partition coefficient (Wildman–Crippen LogP) is 0.370. The van der Waals surface area contributed by atoms with Gasteiger partial charge in [0, 0.05) is 0 Å². The maximum Gasteiger partial charge on any atom is 0.368 e. The minimum Gasteiger partial charge on any atom is -0.263 e. The number of carbonyl (C=O) groups is 2. The van der Waals surface area contributed by atoms with Crippen LogP contribution in [0, 0.1) is 0 Å². The molecule has 7 nitrogen and oxygen atoms in total. The van der Waals surface area contributed by atoms with E-state index in [1.54, 1.807) is 6.92 Å². The van der Waals surface area contributed by atoms with E-state index in [2.05, 4.69) is 25.4 Å². The van der Waals surface area contributed by atoms with E-state index in [1.807, 2.05) is 0 Å². The lowest BCUT2D eigenvalue weighted by atomic mass is 10.1. The van der Waals surface area contributed by atoms with Gasteiger partial charge in [0.25, 0.3) is 0 Å². The molecule has 0 saturated heterocycles. The van der Waals surface area contributed by atoms with Gasteiger partial charge in [-0.05, 0) is 12.1 Å². The highest BCUT2D eigenvalue weighted by atomic mass is 16.2. The third-order valence-corrected chi connectivity index (χ3v) is 1.52. The van der Waals surface area contributed by atoms with Crippen LogP contribution in [0.15, 0.2) is 25.4 Å². The number of fused-ring (bicyclic) bond motifs is 1. The quantitative estimate of drug-likeness (QED) is 0.534. The van der Waals surface area contributed by atoms with Gasteiger partial charge in [-0.15, -0.1) is 5.10 Å². The second-order valence-electron chi connectivity index (χ2n) is 2.38. The highest BCUT2D eigenvalue weighted by Crippen LogP contribution is 2.06. The summed E-state index contributed by atoms with van der Waals surface area (Å²) in [6.45, 7) is 1.56. The molecule has 0 atom stereocenters. The van der Waals surface area contributed by atoms with Crippen LogP contribution in [0.25, 0.3) is 0 Å². The van der Waals surface area contributed by atoms with Gasteiger partial charge in [-0.3, -0.25) is 4.79 Å². The smallest absolute Gasteiger partial charge is 0.263 e. The summed E-state index contributed by atoms with van der Waals surface area (Å²) in [5.41, 5.74) is 0.481. The van der Waals surface area contributed by atoms with E-state index in [-0.39, 0.29) is 11.4 Å². The van der Waals surface area contributed by atoms with Crippen LogP contribution in [0.5, 0.6) is 0 Å². The summed E-state index contributed by atoms with van der Waals surface area (Å²) in [5.74, 6) is -0.660. The standard InChI is InChI=1S/C6H3N5O2/c1-2-3-4(8-6(13)7-2)5(12)10-11-9-3/h1H3. The molecule has 0 spiro atoms. The number of aliphatic imine (C=N–C) groups is 2. The number of hydrogen-bond acceptors (Lipinski definition) is 4. The molecule has 2 aliphatic heterocycles. The maximum atomic E-state index is 11.0. The van der Waals surface area contributed by atoms with Crippen molar-refractivity contribution in [2.75, 3.05) is 0 Å². The molecule has 0 saturated carbocycles. The van der Waals surface area contributed by atoms with Crippen molar-refractivity contribution in [3.05, 3.63) is 0 Å². The van der Waals surface area contributed by atoms with Crippen molar-refractivity contribution >= 4 is 29.1 Å². The van der Waals surface area contributed by atoms with E-state index >= 15 is 0 Å². The summed E-state index contributed by atoms with van der Waals surface area (Å²) < 4.78 is 0. The molecule has 0 aromatic heterocycles. The van der Waals surface area contributed by atoms with Crippen LogP contribution in [-0.2, 0) is 4.79 Å². The molecule has 0 bridgehead atoms. The highest BCUT2D eigenvalue weighted by Gasteiger charge is 2.28. The summed E-state index contributed by atoms with van der Waals surface area (Å²) >= 11 is 0. The topological polar surface area (TPSA) is 95.9 Å². The molecule has 64 valence electrons. The molecule has 3 amide bonds. The lowest BCUT2D eigenvalue weighted by molar-refractivity contribution is -0.112. The van der Waals surface area contributed by atoms with Crippen LogP contribution in [-0.4, -0.2) is 29.1 Å². The number of hydrogen-bond donors (Lipinski definition) is 0. The molecule has 2 rings (SSSR count). The van der Waals surface area contributed by atoms with Gasteiger partial charge in [0.15, 0.2) is 5.71 Å². The fourth-order valence-corrected chi connectivity index (χ4v) is 0.965. The van der Waals surface area contributed by atoms with Gasteiger partial charge in [-0.25, -0.2) is 4.79 Å². The Morgan fingerprint density at radius 2 is 1.85 bits per heavy atom. The van der Waals surface area contributed by atoms with Crippen molar-refractivity contribution in [2.24, 2.45) is 25.4 Å². The van der Waals surface area contributed by atoms with Crippen LogP contribution in [0.2, 0.25) is 0 Å². The Bertz CT molecular complexity index is 428. The third-order valence-electron chi connectivity index (χ3n) is 1.52. The molecule has 2 heterocycles. The van der Waals surface area contributed by atoms with Crippen LogP contribution in [0.3, 0.4) is 0 Å². The Balaban J connectivity index is 2.58. The average molecular weight is 177 g/mol. The second-order valence-corrected chi connectivity index (χ2v) is 2.38. The summed E-state index contributed by atoms with van der Waals surface area (Å²) in [5, 5.41) is 9.91. The Morgan fingerprint density at radius 1 is 1.08 bits per heavy atom. The van der Waals surface area contributed by atoms with E-state index in [0.717, 1.165) is 0 Å². The molecule has 0 radical (unpaired) electrons. The van der Waals surface area contributed by atoms with Gasteiger partial charge >= 0.3 is 11.9 Å². The lowest BCUT2D eigenvalue weighted by Gasteiger charge is -2.09. The Labute approximate surface area is 72.0 Å². The number of rotatable bonds is 0. The Morgan fingerprint density at radius 3 is 2.62 bits per heavy atom. The van der Waals surface area contributed by atoms with E-state index in [4.69, 9.17) is 0 Å². The molecule has 0 fully saturated rings. The molecule has 0 aromatic rings. The van der Waals surface area contributed by atoms with Gasteiger partial charge in [0.05, 0.1) is 5.71 Å². The fourth-order valence-electron chi connectivity index (χ4n) is 0.965. The maximum absolute atomic E-state index is 11.0. The van der Waals surface area contributed by atoms with Gasteiger partial charge in [0.2, 0.25) is 0 Å². The van der Waals surface area contributed by atoms with E-state index in [9.17, 15) is 9.59 Å². The zero-order valence-corrected chi connectivity index (χ0v) is 6.55. The van der Waals surface area contributed by atoms with Gasteiger partial charge in [0.1, 0.15) is 5.71 Å². The molecule has 0 unspecified atom stereocenters. The molecule has 2 aliphatic rings. The largest absolute Gasteiger partial charge is 0.368 e. The van der Waals surface area contributed by atoms with Crippen LogP contribution in [0.4, 0.5) is 4.79 Å². The fraction of sp³-hybridized carbons (Fsp3) is 0.167. The second kappa shape index (κ2) is 2.47. The summed E-state index contributed by atoms with van der Waals surface area (Å²) in [4.78, 5) is 28.8. The van der Waals surface area contributed by atoms with Crippen molar-refractivity contribution in [1.29, 1.82) is 0 Å². The van der Waals surface area contributed by atoms with E-state index in [1.165, 1.54) is 0 Å². The van der Waals surface area contributed by atoms with Crippen molar-refractivity contribution in [3.8, 4) is 0 Å². The zero-order chi connectivity index (χ0) is 9.42. The molecule has 7 heteroatoms. The number of urea groups is 1. The van der Waals surface area contributed by atoms with Crippen molar-refractivity contribution < 1.29 is 9.59 Å². The van der Waals surface area contributed by atoms with E-state index < -0.39 is 11.9 Å². The SMILES string of the molecule is CC1=NC(=O)N=C2C(=O)N=NN=C12. The highest BCUT2D eigenvalue weighted by molar-refractivity contribution is 6.83. The summed E-state index contributed by atoms with van der Waals surface area (Å²) in [6, 6.07) is -0.711. The number of carbonyl (C=O) groups excluding carboxylic acids is 2. The van der Waals surface area contributed by atoms with Crippen LogP contribution < -0.4 is 0 Å². The molecular formula is C6H3N5O2. The normalized spacial score (nSPS) is 20.5. The van der Waals surface area contributed by atoms with E-state index in [0.29, 0.717) is 5.71 Å². The van der Waals surface area contributed by atoms with Crippen LogP contribution in [0.1, 0.15) is 6.92 Å². The molecule has 0 aromatic carbocycles. The first-order chi connectivity index (χ1) is 6.18. The van der Waals surface area contributed by atoms with Gasteiger partial charge < -0.3 is 0 Å². The molecule has 13 heavy (non-hydrogen) atoms. The van der Waals surface area contributed by atoms with Gasteiger partial charge in [-0.2, -0.15) is 9.98 Å². The first-order valence-electron chi connectivity index (χ1n) is 3.40. The average Bonchev–Trinajstić information content (AvgIpc) is 2.07. The first kappa shape index (κ1) is 7.59. The van der Waals surface area contributed by atoms with Crippen molar-refractivity contribution in [3.63, 3.8) is 0 Å². The van der Waals surface area contributed by atoms with Crippen molar-refractivity contribution in [1.82, 2.24) is 0 Å². The third kappa shape index (κ3) is 1.10. The Hall–Kier alpha value is -2.05. The first-order valence-corrected chi connectivity index (χ1v) is 3.40. The molecular weight excluding hydrogens is 174 g/mol. The van der Waals surface area contributed by atoms with Gasteiger partial charge in [-0.1, -0.05) is 5.11 Å². The minimum atomic E-state index is -0.711. The predicted molar refractivity (Wildman–Crippen MR) is 43.2 cm³/mol. The molecule has 0 N–H and O–H groups in total. The minimum absolute atomic E-state index is 0.0764. The molecule has 0 aliphatic carbocycles. The lowest BCUT2D eigenvalue weighted by Crippen LogP contribution is -2.34. The zero-order valence-electron chi connectivity index (χ0n) is 6.55. The summed E-state index contributed by atoms with van der Waals surface area (Å²) in [7, 11) is 0. The number of nitrogens with zero attached hydrogens (tertiary/aromatic N) is 5.